The fourth-order valence-corrected chi connectivity index (χ4v) is 5.28. The highest BCUT2D eigenvalue weighted by atomic mass is 32.2. The fourth-order valence-electron chi connectivity index (χ4n) is 4.30. The van der Waals surface area contributed by atoms with Crippen LogP contribution in [0.3, 0.4) is 0 Å². The van der Waals surface area contributed by atoms with Gasteiger partial charge in [-0.2, -0.15) is 0 Å². The summed E-state index contributed by atoms with van der Waals surface area (Å²) >= 11 is 1.72. The molecule has 1 aromatic rings. The molecule has 1 heterocycles. The number of nitrogens with one attached hydrogen (secondary N) is 4. The summed E-state index contributed by atoms with van der Waals surface area (Å²) in [6, 6.07) is 7.43. The summed E-state index contributed by atoms with van der Waals surface area (Å²) in [5.74, 6) is 0.615. The highest BCUT2D eigenvalue weighted by Gasteiger charge is 2.40. The number of rotatable bonds is 13. The van der Waals surface area contributed by atoms with Crippen molar-refractivity contribution in [1.29, 1.82) is 0 Å². The number of amides is 1. The van der Waals surface area contributed by atoms with Crippen molar-refractivity contribution in [1.82, 2.24) is 16.0 Å². The average molecular weight is 485 g/mol. The van der Waals surface area contributed by atoms with E-state index in [1.54, 1.807) is 23.5 Å². The zero-order chi connectivity index (χ0) is 24.6. The average Bonchev–Trinajstić information content (AvgIpc) is 3.12. The molecule has 0 radical (unpaired) electrons. The predicted molar refractivity (Wildman–Crippen MR) is 144 cm³/mol. The summed E-state index contributed by atoms with van der Waals surface area (Å²) in [5.41, 5.74) is 5.00. The van der Waals surface area contributed by atoms with Crippen LogP contribution in [0.2, 0.25) is 0 Å². The maximum atomic E-state index is 12.8. The first-order valence-corrected chi connectivity index (χ1v) is 13.3. The molecule has 34 heavy (non-hydrogen) atoms. The molecule has 6 nitrogen and oxygen atoms in total. The van der Waals surface area contributed by atoms with Gasteiger partial charge in [-0.1, -0.05) is 30.9 Å². The van der Waals surface area contributed by atoms with Crippen LogP contribution in [-0.4, -0.2) is 40.3 Å². The number of aliphatic hydroxyl groups excluding tert-OH is 1. The SMILES string of the molecule is C=CNCCCCC(Nc1ccc(CC(NC(=O)C2NCSC2(C)C)C(=C)O)cc1)=C1CCC1. The number of anilines is 1. The zero-order valence-electron chi connectivity index (χ0n) is 20.6. The maximum absolute atomic E-state index is 12.8. The van der Waals surface area contributed by atoms with Crippen LogP contribution >= 0.6 is 11.8 Å². The molecule has 1 saturated carbocycles. The van der Waals surface area contributed by atoms with Gasteiger partial charge in [0.25, 0.3) is 0 Å². The molecular weight excluding hydrogens is 444 g/mol. The van der Waals surface area contributed by atoms with Gasteiger partial charge >= 0.3 is 0 Å². The molecule has 1 aliphatic carbocycles. The van der Waals surface area contributed by atoms with Gasteiger partial charge in [0.1, 0.15) is 11.8 Å². The van der Waals surface area contributed by atoms with E-state index < -0.39 is 6.04 Å². The van der Waals surface area contributed by atoms with Crippen LogP contribution in [0.4, 0.5) is 5.69 Å². The third-order valence-corrected chi connectivity index (χ3v) is 7.91. The summed E-state index contributed by atoms with van der Waals surface area (Å²) < 4.78 is -0.187. The first-order chi connectivity index (χ1) is 16.3. The Morgan fingerprint density at radius 1 is 1.29 bits per heavy atom. The van der Waals surface area contributed by atoms with E-state index in [0.29, 0.717) is 6.42 Å². The Kier molecular flexibility index (Phi) is 9.54. The van der Waals surface area contributed by atoms with Crippen LogP contribution in [0.1, 0.15) is 57.9 Å². The van der Waals surface area contributed by atoms with E-state index in [0.717, 1.165) is 42.9 Å². The minimum Gasteiger partial charge on any atom is -0.511 e. The van der Waals surface area contributed by atoms with Crippen molar-refractivity contribution in [3.05, 3.63) is 66.2 Å². The lowest BCUT2D eigenvalue weighted by molar-refractivity contribution is -0.124. The standard InChI is InChI=1S/C27H40N4O2S/c1-5-28-16-7-6-11-23(21-9-8-10-21)30-22-14-12-20(13-15-22)17-24(19(2)32)31-26(33)25-27(3,4)34-18-29-25/h5,12-15,24-25,28-30,32H,1-2,6-11,16-18H2,3-4H3,(H,31,33). The molecule has 3 rings (SSSR count). The van der Waals surface area contributed by atoms with Gasteiger partial charge in [0, 0.05) is 28.6 Å². The van der Waals surface area contributed by atoms with Crippen LogP contribution in [0, 0.1) is 0 Å². The van der Waals surface area contributed by atoms with E-state index >= 15 is 0 Å². The fraction of sp³-hybridized carbons (Fsp3) is 0.519. The van der Waals surface area contributed by atoms with Crippen molar-refractivity contribution in [3.8, 4) is 0 Å². The molecule has 186 valence electrons. The number of aliphatic hydroxyl groups is 1. The maximum Gasteiger partial charge on any atom is 0.239 e. The molecule has 1 aromatic carbocycles. The molecular formula is C27H40N4O2S. The number of unbranched alkanes of at least 4 members (excludes halogenated alkanes) is 1. The second-order valence-electron chi connectivity index (χ2n) is 9.66. The van der Waals surface area contributed by atoms with Crippen molar-refractivity contribution in [2.45, 2.75) is 75.6 Å². The lowest BCUT2D eigenvalue weighted by Gasteiger charge is -2.27. The molecule has 5 N–H and O–H groups in total. The van der Waals surface area contributed by atoms with Gasteiger partial charge in [0.05, 0.1) is 6.04 Å². The Labute approximate surface area is 208 Å². The smallest absolute Gasteiger partial charge is 0.239 e. The molecule has 2 aliphatic rings. The predicted octanol–water partition coefficient (Wildman–Crippen LogP) is 4.98. The topological polar surface area (TPSA) is 85.4 Å². The molecule has 2 atom stereocenters. The van der Waals surface area contributed by atoms with E-state index in [1.165, 1.54) is 25.0 Å². The Hall–Kier alpha value is -2.38. The highest BCUT2D eigenvalue weighted by molar-refractivity contribution is 8.00. The summed E-state index contributed by atoms with van der Waals surface area (Å²) in [6.45, 7) is 12.5. The van der Waals surface area contributed by atoms with E-state index in [1.807, 2.05) is 0 Å². The number of hydrogen-bond donors (Lipinski definition) is 5. The van der Waals surface area contributed by atoms with Gasteiger partial charge < -0.3 is 21.1 Å². The Bertz CT molecular complexity index is 888. The molecule has 1 amide bonds. The third kappa shape index (κ3) is 7.31. The van der Waals surface area contributed by atoms with E-state index in [4.69, 9.17) is 0 Å². The minimum atomic E-state index is -0.522. The second-order valence-corrected chi connectivity index (χ2v) is 11.3. The molecule has 0 spiro atoms. The number of thioether (sulfide) groups is 1. The van der Waals surface area contributed by atoms with Gasteiger partial charge in [-0.3, -0.25) is 10.1 Å². The molecule has 2 fully saturated rings. The Morgan fingerprint density at radius 2 is 2.03 bits per heavy atom. The van der Waals surface area contributed by atoms with Gasteiger partial charge in [0.15, 0.2) is 0 Å². The second kappa shape index (κ2) is 12.4. The normalized spacial score (nSPS) is 19.6. The number of allylic oxidation sites excluding steroid dienone is 2. The number of carbonyl (C=O) groups excluding carboxylic acids is 1. The number of benzene rings is 1. The lowest BCUT2D eigenvalue weighted by Crippen LogP contribution is -2.52. The summed E-state index contributed by atoms with van der Waals surface area (Å²) in [5, 5.41) is 23.2. The molecule has 2 unspecified atom stereocenters. The molecule has 0 aromatic heterocycles. The first-order valence-electron chi connectivity index (χ1n) is 12.3. The Balaban J connectivity index is 1.57. The van der Waals surface area contributed by atoms with Crippen LogP contribution in [0.15, 0.2) is 60.7 Å². The third-order valence-electron chi connectivity index (χ3n) is 6.62. The molecule has 1 saturated heterocycles. The zero-order valence-corrected chi connectivity index (χ0v) is 21.4. The molecule has 7 heteroatoms. The van der Waals surface area contributed by atoms with Crippen molar-refractivity contribution < 1.29 is 9.90 Å². The van der Waals surface area contributed by atoms with Crippen molar-refractivity contribution >= 4 is 23.4 Å². The van der Waals surface area contributed by atoms with Crippen LogP contribution in [0.5, 0.6) is 0 Å². The van der Waals surface area contributed by atoms with Crippen molar-refractivity contribution in [3.63, 3.8) is 0 Å². The lowest BCUT2D eigenvalue weighted by atomic mass is 9.89. The van der Waals surface area contributed by atoms with E-state index in [9.17, 15) is 9.90 Å². The Morgan fingerprint density at radius 3 is 2.59 bits per heavy atom. The molecule has 1 aliphatic heterocycles. The highest BCUT2D eigenvalue weighted by Crippen LogP contribution is 2.33. The van der Waals surface area contributed by atoms with Crippen LogP contribution in [-0.2, 0) is 11.2 Å². The summed E-state index contributed by atoms with van der Waals surface area (Å²) in [7, 11) is 0. The van der Waals surface area contributed by atoms with Gasteiger partial charge in [-0.25, -0.2) is 0 Å². The first kappa shape index (κ1) is 26.2. The monoisotopic (exact) mass is 484 g/mol. The minimum absolute atomic E-state index is 0.0260. The number of carbonyl (C=O) groups is 1. The largest absolute Gasteiger partial charge is 0.511 e. The van der Waals surface area contributed by atoms with Gasteiger partial charge in [0.2, 0.25) is 5.91 Å². The van der Waals surface area contributed by atoms with Crippen molar-refractivity contribution in [2.24, 2.45) is 0 Å². The van der Waals surface area contributed by atoms with Crippen molar-refractivity contribution in [2.75, 3.05) is 17.7 Å². The van der Waals surface area contributed by atoms with Crippen LogP contribution in [0.25, 0.3) is 0 Å². The quantitative estimate of drug-likeness (QED) is 0.201. The van der Waals surface area contributed by atoms with E-state index in [-0.39, 0.29) is 22.5 Å². The summed E-state index contributed by atoms with van der Waals surface area (Å²) in [4.78, 5) is 12.8. The number of hydrogen-bond acceptors (Lipinski definition) is 6. The van der Waals surface area contributed by atoms with E-state index in [2.05, 4.69) is 72.5 Å². The van der Waals surface area contributed by atoms with Gasteiger partial charge in [-0.05, 0) is 82.7 Å². The van der Waals surface area contributed by atoms with Gasteiger partial charge in [-0.15, -0.1) is 11.8 Å². The molecule has 0 bridgehead atoms. The van der Waals surface area contributed by atoms with Crippen LogP contribution < -0.4 is 21.3 Å². The summed E-state index contributed by atoms with van der Waals surface area (Å²) in [6.07, 6.45) is 9.21.